The summed E-state index contributed by atoms with van der Waals surface area (Å²) in [7, 11) is 0. The van der Waals surface area contributed by atoms with Crippen molar-refractivity contribution in [2.24, 2.45) is 0 Å². The number of benzene rings is 1. The average Bonchev–Trinajstić information content (AvgIpc) is 2.93. The Morgan fingerprint density at radius 1 is 1.18 bits per heavy atom. The molecule has 2 heterocycles. The molecule has 3 rings (SSSR count). The third kappa shape index (κ3) is 3.02. The van der Waals surface area contributed by atoms with Crippen LogP contribution in [-0.4, -0.2) is 22.5 Å². The van der Waals surface area contributed by atoms with Crippen LogP contribution in [0.5, 0.6) is 0 Å². The van der Waals surface area contributed by atoms with E-state index in [1.165, 1.54) is 5.56 Å². The van der Waals surface area contributed by atoms with Gasteiger partial charge in [-0.05, 0) is 31.0 Å². The van der Waals surface area contributed by atoms with Crippen molar-refractivity contribution in [1.29, 1.82) is 0 Å². The van der Waals surface area contributed by atoms with Gasteiger partial charge in [-0.2, -0.15) is 0 Å². The molecule has 1 aromatic heterocycles. The highest BCUT2D eigenvalue weighted by Crippen LogP contribution is 2.28. The Hall–Kier alpha value is -2.20. The lowest BCUT2D eigenvalue weighted by atomic mass is 9.94. The molecule has 1 aliphatic heterocycles. The van der Waals surface area contributed by atoms with E-state index in [1.807, 2.05) is 18.2 Å². The van der Waals surface area contributed by atoms with E-state index in [9.17, 15) is 9.90 Å². The number of amides is 1. The van der Waals surface area contributed by atoms with Gasteiger partial charge in [0, 0.05) is 42.4 Å². The summed E-state index contributed by atoms with van der Waals surface area (Å²) in [5, 5.41) is 13.0. The maximum absolute atomic E-state index is 11.3. The van der Waals surface area contributed by atoms with Gasteiger partial charge in [0.2, 0.25) is 5.91 Å². The zero-order valence-electron chi connectivity index (χ0n) is 12.8. The molecular weight excluding hydrogens is 276 g/mol. The van der Waals surface area contributed by atoms with E-state index in [4.69, 9.17) is 0 Å². The first-order chi connectivity index (χ1) is 10.4. The maximum atomic E-state index is 11.3. The average molecular weight is 296 g/mol. The molecule has 0 saturated carbocycles. The lowest BCUT2D eigenvalue weighted by Gasteiger charge is -2.18. The first-order valence-electron chi connectivity index (χ1n) is 7.48. The zero-order valence-corrected chi connectivity index (χ0v) is 12.8. The molecule has 1 amide bonds. The zero-order chi connectivity index (χ0) is 15.7. The Morgan fingerprint density at radius 3 is 2.50 bits per heavy atom. The molecule has 1 aliphatic rings. The van der Waals surface area contributed by atoms with Gasteiger partial charge in [0.1, 0.15) is 0 Å². The van der Waals surface area contributed by atoms with Crippen LogP contribution in [0.4, 0.5) is 0 Å². The highest BCUT2D eigenvalue weighted by atomic mass is 16.3. The SMILES string of the molecule is CC(C)(O)c1cncc(-c2ccc(C3CNC(=O)C3)cc2)c1. The fourth-order valence-electron chi connectivity index (χ4n) is 2.72. The van der Waals surface area contributed by atoms with Crippen LogP contribution in [0.1, 0.15) is 37.3 Å². The normalized spacial score (nSPS) is 18.3. The van der Waals surface area contributed by atoms with Crippen LogP contribution in [0.15, 0.2) is 42.7 Å². The molecule has 1 fully saturated rings. The molecule has 4 heteroatoms. The number of hydrogen-bond donors (Lipinski definition) is 2. The van der Waals surface area contributed by atoms with Gasteiger partial charge in [-0.25, -0.2) is 0 Å². The van der Waals surface area contributed by atoms with Gasteiger partial charge in [-0.1, -0.05) is 24.3 Å². The van der Waals surface area contributed by atoms with Crippen LogP contribution >= 0.6 is 0 Å². The molecule has 22 heavy (non-hydrogen) atoms. The Labute approximate surface area is 130 Å². The molecule has 0 spiro atoms. The summed E-state index contributed by atoms with van der Waals surface area (Å²) >= 11 is 0. The molecule has 4 nitrogen and oxygen atoms in total. The number of aliphatic hydroxyl groups is 1. The number of pyridine rings is 1. The van der Waals surface area contributed by atoms with Crippen molar-refractivity contribution in [2.45, 2.75) is 31.8 Å². The summed E-state index contributed by atoms with van der Waals surface area (Å²) in [6.45, 7) is 4.22. The Bertz CT molecular complexity index is 687. The number of carbonyl (C=O) groups is 1. The predicted molar refractivity (Wildman–Crippen MR) is 85.3 cm³/mol. The molecule has 1 unspecified atom stereocenters. The van der Waals surface area contributed by atoms with Crippen LogP contribution in [0.2, 0.25) is 0 Å². The predicted octanol–water partition coefficient (Wildman–Crippen LogP) is 2.58. The van der Waals surface area contributed by atoms with E-state index in [0.717, 1.165) is 16.7 Å². The van der Waals surface area contributed by atoms with Crippen molar-refractivity contribution in [2.75, 3.05) is 6.54 Å². The standard InChI is InChI=1S/C18H20N2O2/c1-18(2,22)16-7-14(9-19-11-16)12-3-5-13(6-4-12)15-8-17(21)20-10-15/h3-7,9,11,15,22H,8,10H2,1-2H3,(H,20,21). The van der Waals surface area contributed by atoms with Crippen LogP contribution in [0.25, 0.3) is 11.1 Å². The summed E-state index contributed by atoms with van der Waals surface area (Å²) in [6.07, 6.45) is 4.05. The minimum Gasteiger partial charge on any atom is -0.386 e. The fraction of sp³-hybridized carbons (Fsp3) is 0.333. The van der Waals surface area contributed by atoms with Crippen molar-refractivity contribution < 1.29 is 9.90 Å². The molecule has 1 aromatic carbocycles. The van der Waals surface area contributed by atoms with Crippen LogP contribution in [-0.2, 0) is 10.4 Å². The number of aromatic nitrogens is 1. The summed E-state index contributed by atoms with van der Waals surface area (Å²) in [5.41, 5.74) is 3.10. The molecule has 2 N–H and O–H groups in total. The summed E-state index contributed by atoms with van der Waals surface area (Å²) < 4.78 is 0. The highest BCUT2D eigenvalue weighted by Gasteiger charge is 2.23. The van der Waals surface area contributed by atoms with Gasteiger partial charge >= 0.3 is 0 Å². The third-order valence-electron chi connectivity index (χ3n) is 4.14. The van der Waals surface area contributed by atoms with E-state index in [-0.39, 0.29) is 11.8 Å². The quantitative estimate of drug-likeness (QED) is 0.915. The molecule has 114 valence electrons. The van der Waals surface area contributed by atoms with Crippen LogP contribution in [0.3, 0.4) is 0 Å². The van der Waals surface area contributed by atoms with Crippen molar-refractivity contribution in [3.8, 4) is 11.1 Å². The molecule has 0 aliphatic carbocycles. The van der Waals surface area contributed by atoms with Crippen molar-refractivity contribution in [3.05, 3.63) is 53.9 Å². The molecule has 0 radical (unpaired) electrons. The number of hydrogen-bond acceptors (Lipinski definition) is 3. The van der Waals surface area contributed by atoms with Gasteiger partial charge in [-0.15, -0.1) is 0 Å². The minimum absolute atomic E-state index is 0.121. The van der Waals surface area contributed by atoms with Gasteiger partial charge < -0.3 is 10.4 Å². The molecule has 1 atom stereocenters. The monoisotopic (exact) mass is 296 g/mol. The van der Waals surface area contributed by atoms with Gasteiger partial charge in [0.25, 0.3) is 0 Å². The summed E-state index contributed by atoms with van der Waals surface area (Å²) in [5.74, 6) is 0.388. The van der Waals surface area contributed by atoms with Crippen molar-refractivity contribution >= 4 is 5.91 Å². The number of nitrogens with zero attached hydrogens (tertiary/aromatic N) is 1. The maximum Gasteiger partial charge on any atom is 0.220 e. The number of rotatable bonds is 3. The largest absolute Gasteiger partial charge is 0.386 e. The molecule has 0 bridgehead atoms. The second-order valence-corrected chi connectivity index (χ2v) is 6.35. The van der Waals surface area contributed by atoms with E-state index >= 15 is 0 Å². The highest BCUT2D eigenvalue weighted by molar-refractivity contribution is 5.79. The van der Waals surface area contributed by atoms with Gasteiger partial charge in [0.05, 0.1) is 5.60 Å². The summed E-state index contributed by atoms with van der Waals surface area (Å²) in [6, 6.07) is 10.2. The minimum atomic E-state index is -0.904. The number of carbonyl (C=O) groups excluding carboxylic acids is 1. The Balaban J connectivity index is 1.85. The van der Waals surface area contributed by atoms with Crippen molar-refractivity contribution in [3.63, 3.8) is 0 Å². The topological polar surface area (TPSA) is 62.2 Å². The molecule has 1 saturated heterocycles. The van der Waals surface area contributed by atoms with Crippen molar-refractivity contribution in [1.82, 2.24) is 10.3 Å². The third-order valence-corrected chi connectivity index (χ3v) is 4.14. The molecule has 2 aromatic rings. The second kappa shape index (κ2) is 5.54. The first kappa shape index (κ1) is 14.7. The Kier molecular flexibility index (Phi) is 3.71. The van der Waals surface area contributed by atoms with E-state index in [0.29, 0.717) is 13.0 Å². The molecular formula is C18H20N2O2. The van der Waals surface area contributed by atoms with Crippen LogP contribution < -0.4 is 5.32 Å². The lowest BCUT2D eigenvalue weighted by molar-refractivity contribution is -0.119. The van der Waals surface area contributed by atoms with E-state index in [1.54, 1.807) is 26.2 Å². The first-order valence-corrected chi connectivity index (χ1v) is 7.48. The second-order valence-electron chi connectivity index (χ2n) is 6.35. The summed E-state index contributed by atoms with van der Waals surface area (Å²) in [4.78, 5) is 15.5. The smallest absolute Gasteiger partial charge is 0.220 e. The fourth-order valence-corrected chi connectivity index (χ4v) is 2.72. The van der Waals surface area contributed by atoms with E-state index in [2.05, 4.69) is 22.4 Å². The van der Waals surface area contributed by atoms with Gasteiger partial charge in [0.15, 0.2) is 0 Å². The lowest BCUT2D eigenvalue weighted by Crippen LogP contribution is -2.15. The van der Waals surface area contributed by atoms with Crippen LogP contribution in [0, 0.1) is 0 Å². The Morgan fingerprint density at radius 2 is 1.91 bits per heavy atom. The van der Waals surface area contributed by atoms with Gasteiger partial charge in [-0.3, -0.25) is 9.78 Å². The van der Waals surface area contributed by atoms with E-state index < -0.39 is 5.60 Å². The number of nitrogens with one attached hydrogen (secondary N) is 1.